The first-order valence-electron chi connectivity index (χ1n) is 11.7. The Bertz CT molecular complexity index is 1060. The van der Waals surface area contributed by atoms with Crippen LogP contribution in [-0.2, 0) is 11.2 Å². The monoisotopic (exact) mass is 465 g/mol. The Morgan fingerprint density at radius 2 is 1.91 bits per heavy atom. The van der Waals surface area contributed by atoms with Gasteiger partial charge in [0, 0.05) is 25.2 Å². The van der Waals surface area contributed by atoms with Crippen molar-refractivity contribution in [3.8, 4) is 0 Å². The first-order valence-corrected chi connectivity index (χ1v) is 12.7. The van der Waals surface area contributed by atoms with Crippen LogP contribution in [0, 0.1) is 11.7 Å². The van der Waals surface area contributed by atoms with E-state index >= 15 is 0 Å². The van der Waals surface area contributed by atoms with Gasteiger partial charge in [0.1, 0.15) is 12.4 Å². The number of piperidine rings is 3. The van der Waals surface area contributed by atoms with E-state index in [0.717, 1.165) is 42.4 Å². The van der Waals surface area contributed by atoms with Crippen molar-refractivity contribution in [2.75, 3.05) is 26.2 Å². The van der Waals surface area contributed by atoms with E-state index < -0.39 is 12.1 Å². The Kier molecular flexibility index (Phi) is 6.47. The van der Waals surface area contributed by atoms with Crippen LogP contribution >= 0.6 is 11.3 Å². The van der Waals surface area contributed by atoms with Crippen molar-refractivity contribution in [3.63, 3.8) is 0 Å². The molecule has 0 aliphatic carbocycles. The van der Waals surface area contributed by atoms with E-state index in [0.29, 0.717) is 11.5 Å². The number of benzene rings is 2. The van der Waals surface area contributed by atoms with Crippen LogP contribution < -0.4 is 5.32 Å². The van der Waals surface area contributed by atoms with Crippen LogP contribution in [0.25, 0.3) is 0 Å². The summed E-state index contributed by atoms with van der Waals surface area (Å²) in [6.45, 7) is 4.30. The number of ether oxygens (including phenoxy) is 1. The average molecular weight is 466 g/mol. The average Bonchev–Trinajstić information content (AvgIpc) is 3.37. The third-order valence-electron chi connectivity index (χ3n) is 7.34. The van der Waals surface area contributed by atoms with Crippen LogP contribution in [-0.4, -0.2) is 42.9 Å². The number of hydrogen-bond acceptors (Lipinski definition) is 3. The van der Waals surface area contributed by atoms with Crippen LogP contribution in [0.3, 0.4) is 0 Å². The molecule has 0 spiro atoms. The van der Waals surface area contributed by atoms with Crippen molar-refractivity contribution in [2.24, 2.45) is 5.92 Å². The molecule has 3 fully saturated rings. The van der Waals surface area contributed by atoms with Gasteiger partial charge >= 0.3 is 6.09 Å². The van der Waals surface area contributed by atoms with Crippen molar-refractivity contribution in [1.82, 2.24) is 5.32 Å². The van der Waals surface area contributed by atoms with E-state index in [4.69, 9.17) is 4.74 Å². The van der Waals surface area contributed by atoms with Gasteiger partial charge in [-0.3, -0.25) is 0 Å². The molecule has 33 heavy (non-hydrogen) atoms. The Morgan fingerprint density at radius 3 is 2.64 bits per heavy atom. The highest BCUT2D eigenvalue weighted by molar-refractivity contribution is 7.08. The predicted molar refractivity (Wildman–Crippen MR) is 129 cm³/mol. The molecule has 1 amide bonds. The zero-order valence-corrected chi connectivity index (χ0v) is 19.5. The smallest absolute Gasteiger partial charge is 0.408 e. The second-order valence-electron chi connectivity index (χ2n) is 9.40. The van der Waals surface area contributed by atoms with Gasteiger partial charge in [-0.2, -0.15) is 11.3 Å². The largest absolute Gasteiger partial charge is 0.440 e. The molecule has 3 aromatic rings. The van der Waals surface area contributed by atoms with Crippen LogP contribution in [0.4, 0.5) is 9.18 Å². The molecule has 3 aliphatic heterocycles. The fourth-order valence-corrected chi connectivity index (χ4v) is 6.14. The highest BCUT2D eigenvalue weighted by Crippen LogP contribution is 2.36. The summed E-state index contributed by atoms with van der Waals surface area (Å²) in [4.78, 5) is 13.0. The third kappa shape index (κ3) is 5.12. The maximum Gasteiger partial charge on any atom is 0.408 e. The maximum atomic E-state index is 13.9. The molecule has 1 unspecified atom stereocenters. The number of thiophene rings is 1. The van der Waals surface area contributed by atoms with Crippen molar-refractivity contribution in [3.05, 3.63) is 93.9 Å². The number of rotatable bonds is 7. The molecule has 172 valence electrons. The quantitative estimate of drug-likeness (QED) is 0.464. The van der Waals surface area contributed by atoms with E-state index in [1.807, 2.05) is 22.9 Å². The zero-order valence-electron chi connectivity index (χ0n) is 18.7. The molecule has 4 heterocycles. The molecule has 3 saturated heterocycles. The number of carbonyl (C=O) groups is 1. The second kappa shape index (κ2) is 9.65. The lowest BCUT2D eigenvalue weighted by molar-refractivity contribution is -0.946. The minimum Gasteiger partial charge on any atom is -0.440 e. The van der Waals surface area contributed by atoms with Gasteiger partial charge in [0.2, 0.25) is 0 Å². The lowest BCUT2D eigenvalue weighted by atomic mass is 9.83. The standard InChI is InChI=1S/C27H29FN2O2S/c28-24-8-4-7-22(17-24)26(23-12-16-33-19-23)29-27(31)32-25-18-30(14-10-21(25)11-15-30)13-9-20-5-2-1-3-6-20/h1-8,12,16-17,19,21,25-26H,9-11,13-15,18H2/p+1/t21?,25-,26?,30?/m0/s1. The van der Waals surface area contributed by atoms with Gasteiger partial charge in [0.25, 0.3) is 0 Å². The number of alkyl carbamates (subject to hydrolysis) is 1. The van der Waals surface area contributed by atoms with Gasteiger partial charge in [-0.15, -0.1) is 0 Å². The normalized spacial score (nSPS) is 24.9. The van der Waals surface area contributed by atoms with Crippen molar-refractivity contribution >= 4 is 17.4 Å². The van der Waals surface area contributed by atoms with E-state index in [-0.39, 0.29) is 11.9 Å². The van der Waals surface area contributed by atoms with Crippen molar-refractivity contribution in [1.29, 1.82) is 0 Å². The zero-order chi connectivity index (χ0) is 22.7. The molecule has 3 aliphatic rings. The Balaban J connectivity index is 1.25. The highest BCUT2D eigenvalue weighted by atomic mass is 32.1. The first-order chi connectivity index (χ1) is 16.1. The number of fused-ring (bicyclic) bond motifs is 3. The van der Waals surface area contributed by atoms with Gasteiger partial charge < -0.3 is 14.5 Å². The molecule has 0 radical (unpaired) electrons. The molecule has 6 rings (SSSR count). The molecule has 2 atom stereocenters. The number of quaternary nitrogens is 1. The molecular weight excluding hydrogens is 435 g/mol. The summed E-state index contributed by atoms with van der Waals surface area (Å²) in [6.07, 6.45) is 2.76. The molecule has 2 aromatic carbocycles. The Hall–Kier alpha value is -2.70. The molecule has 1 aromatic heterocycles. The summed E-state index contributed by atoms with van der Waals surface area (Å²) in [5.41, 5.74) is 3.01. The van der Waals surface area contributed by atoms with E-state index in [1.54, 1.807) is 17.4 Å². The summed E-state index contributed by atoms with van der Waals surface area (Å²) in [5.74, 6) is 0.117. The van der Waals surface area contributed by atoms with Gasteiger partial charge in [-0.25, -0.2) is 9.18 Å². The molecular formula is C27H30FN2O2S+. The van der Waals surface area contributed by atoms with Crippen molar-refractivity contribution in [2.45, 2.75) is 31.4 Å². The summed E-state index contributed by atoms with van der Waals surface area (Å²) < 4.78 is 20.9. The van der Waals surface area contributed by atoms with Crippen molar-refractivity contribution < 1.29 is 18.4 Å². The number of nitrogens with zero attached hydrogens (tertiary/aromatic N) is 1. The molecule has 0 saturated carbocycles. The summed E-state index contributed by atoms with van der Waals surface area (Å²) in [6, 6.07) is 18.5. The van der Waals surface area contributed by atoms with Crippen LogP contribution in [0.5, 0.6) is 0 Å². The SMILES string of the molecule is O=C(NC(c1ccsc1)c1cccc(F)c1)O[C@H]1C[N+]2(CCc3ccccc3)CCC1CC2. The van der Waals surface area contributed by atoms with Gasteiger partial charge in [0.05, 0.1) is 25.7 Å². The minimum absolute atomic E-state index is 0.0705. The third-order valence-corrected chi connectivity index (χ3v) is 8.04. The van der Waals surface area contributed by atoms with Crippen LogP contribution in [0.1, 0.15) is 35.6 Å². The van der Waals surface area contributed by atoms with Gasteiger partial charge in [0.15, 0.2) is 6.10 Å². The van der Waals surface area contributed by atoms with E-state index in [2.05, 4.69) is 35.6 Å². The summed E-state index contributed by atoms with van der Waals surface area (Å²) >= 11 is 1.55. The number of halogens is 1. The number of nitrogens with one attached hydrogen (secondary N) is 1. The Labute approximate surface area is 198 Å². The summed E-state index contributed by atoms with van der Waals surface area (Å²) in [7, 11) is 0. The van der Waals surface area contributed by atoms with E-state index in [1.165, 1.54) is 30.8 Å². The van der Waals surface area contributed by atoms with Crippen LogP contribution in [0.15, 0.2) is 71.4 Å². The van der Waals surface area contributed by atoms with Gasteiger partial charge in [-0.05, 0) is 45.6 Å². The highest BCUT2D eigenvalue weighted by Gasteiger charge is 2.47. The second-order valence-corrected chi connectivity index (χ2v) is 10.2. The maximum absolute atomic E-state index is 13.9. The number of amides is 1. The Morgan fingerprint density at radius 1 is 1.09 bits per heavy atom. The van der Waals surface area contributed by atoms with Gasteiger partial charge in [-0.1, -0.05) is 42.5 Å². The summed E-state index contributed by atoms with van der Waals surface area (Å²) in [5, 5.41) is 6.95. The predicted octanol–water partition coefficient (Wildman–Crippen LogP) is 5.55. The molecule has 6 heteroatoms. The fourth-order valence-electron chi connectivity index (χ4n) is 5.45. The minimum atomic E-state index is -0.429. The number of carbonyl (C=O) groups excluding carboxylic acids is 1. The fraction of sp³-hybridized carbons (Fsp3) is 0.370. The molecule has 2 bridgehead atoms. The number of hydrogen-bond donors (Lipinski definition) is 1. The topological polar surface area (TPSA) is 38.3 Å². The van der Waals surface area contributed by atoms with Crippen LogP contribution in [0.2, 0.25) is 0 Å². The lowest BCUT2D eigenvalue weighted by Gasteiger charge is -2.52. The molecule has 1 N–H and O–H groups in total. The molecule has 4 nitrogen and oxygen atoms in total. The lowest BCUT2D eigenvalue weighted by Crippen LogP contribution is -2.65. The first kappa shape index (κ1) is 22.1. The van der Waals surface area contributed by atoms with E-state index in [9.17, 15) is 9.18 Å².